The number of amides is 1. The van der Waals surface area contributed by atoms with Crippen LogP contribution in [0.15, 0.2) is 72.6 Å². The van der Waals surface area contributed by atoms with E-state index in [0.717, 1.165) is 23.3 Å². The number of aliphatic hydroxyl groups excluding tert-OH is 1. The largest absolute Gasteiger partial charge is 0.507 e. The Morgan fingerprint density at radius 3 is 2.61 bits per heavy atom. The lowest BCUT2D eigenvalue weighted by Gasteiger charge is -2.25. The zero-order valence-corrected chi connectivity index (χ0v) is 18.5. The highest BCUT2D eigenvalue weighted by Gasteiger charge is 2.47. The summed E-state index contributed by atoms with van der Waals surface area (Å²) in [6, 6.07) is 15.7. The quantitative estimate of drug-likeness (QED) is 0.359. The van der Waals surface area contributed by atoms with Gasteiger partial charge in [-0.25, -0.2) is 0 Å². The highest BCUT2D eigenvalue weighted by Crippen LogP contribution is 2.42. The van der Waals surface area contributed by atoms with Crippen LogP contribution in [-0.4, -0.2) is 28.4 Å². The van der Waals surface area contributed by atoms with Crippen LogP contribution < -0.4 is 9.64 Å². The van der Waals surface area contributed by atoms with Crippen molar-refractivity contribution < 1.29 is 19.4 Å². The molecule has 1 fully saturated rings. The molecule has 1 amide bonds. The number of pyridine rings is 1. The van der Waals surface area contributed by atoms with E-state index in [0.29, 0.717) is 29.3 Å². The molecule has 166 valence electrons. The standard InChI is InChI=1S/C27H24N2O4/c1-16(2)17-5-8-21(9-6-17)29-24(20-4-3-12-28-15-20)23(26(31)27(29)32)25(30)19-7-10-22-18(14-19)11-13-33-22/h3-10,12,14-16,24,30H,11,13H2,1-2H3/b25-23-. The first-order valence-electron chi connectivity index (χ1n) is 11.0. The van der Waals surface area contributed by atoms with Gasteiger partial charge in [0.25, 0.3) is 11.7 Å². The summed E-state index contributed by atoms with van der Waals surface area (Å²) in [5.41, 5.74) is 3.89. The number of aromatic nitrogens is 1. The van der Waals surface area contributed by atoms with E-state index in [9.17, 15) is 14.7 Å². The Balaban J connectivity index is 1.66. The molecule has 3 heterocycles. The Labute approximate surface area is 192 Å². The number of aliphatic hydroxyl groups is 1. The van der Waals surface area contributed by atoms with Crippen molar-refractivity contribution in [1.82, 2.24) is 4.98 Å². The molecule has 6 heteroatoms. The van der Waals surface area contributed by atoms with E-state index in [-0.39, 0.29) is 11.3 Å². The second kappa shape index (κ2) is 8.20. The zero-order valence-electron chi connectivity index (χ0n) is 18.5. The summed E-state index contributed by atoms with van der Waals surface area (Å²) in [6.07, 6.45) is 3.99. The number of fused-ring (bicyclic) bond motifs is 1. The minimum Gasteiger partial charge on any atom is -0.507 e. The molecule has 5 rings (SSSR count). The van der Waals surface area contributed by atoms with Crippen LogP contribution in [0.2, 0.25) is 0 Å². The number of rotatable bonds is 4. The van der Waals surface area contributed by atoms with E-state index >= 15 is 0 Å². The normalized spacial score (nSPS) is 19.1. The SMILES string of the molecule is CC(C)c1ccc(N2C(=O)C(=O)/C(=C(\O)c3ccc4c(c3)CCO4)C2c2cccnc2)cc1. The number of Topliss-reactive ketones (excluding diaryl/α,β-unsaturated/α-hetero) is 1. The minimum atomic E-state index is -0.784. The second-order valence-electron chi connectivity index (χ2n) is 8.62. The van der Waals surface area contributed by atoms with Crippen LogP contribution in [0.4, 0.5) is 5.69 Å². The van der Waals surface area contributed by atoms with Gasteiger partial charge >= 0.3 is 0 Å². The molecule has 0 saturated carbocycles. The summed E-state index contributed by atoms with van der Waals surface area (Å²) in [5.74, 6) is -0.468. The zero-order chi connectivity index (χ0) is 23.1. The maximum absolute atomic E-state index is 13.2. The molecule has 1 N–H and O–H groups in total. The number of hydrogen-bond donors (Lipinski definition) is 1. The van der Waals surface area contributed by atoms with Crippen LogP contribution in [0.5, 0.6) is 5.75 Å². The fourth-order valence-electron chi connectivity index (χ4n) is 4.46. The predicted molar refractivity (Wildman–Crippen MR) is 125 cm³/mol. The number of carbonyl (C=O) groups excluding carboxylic acids is 2. The molecule has 3 aromatic rings. The van der Waals surface area contributed by atoms with Gasteiger partial charge in [0, 0.05) is 30.1 Å². The predicted octanol–water partition coefficient (Wildman–Crippen LogP) is 4.77. The molecule has 0 spiro atoms. The summed E-state index contributed by atoms with van der Waals surface area (Å²) in [6.45, 7) is 4.78. The average Bonchev–Trinajstić information content (AvgIpc) is 3.41. The number of anilines is 1. The summed E-state index contributed by atoms with van der Waals surface area (Å²) in [7, 11) is 0. The molecular formula is C27H24N2O4. The maximum Gasteiger partial charge on any atom is 0.300 e. The smallest absolute Gasteiger partial charge is 0.300 e. The van der Waals surface area contributed by atoms with Crippen molar-refractivity contribution in [1.29, 1.82) is 0 Å². The Morgan fingerprint density at radius 1 is 1.12 bits per heavy atom. The molecule has 1 unspecified atom stereocenters. The van der Waals surface area contributed by atoms with Gasteiger partial charge in [0.1, 0.15) is 11.5 Å². The third kappa shape index (κ3) is 3.57. The number of ether oxygens (including phenoxy) is 1. The van der Waals surface area contributed by atoms with Crippen molar-refractivity contribution in [2.45, 2.75) is 32.2 Å². The summed E-state index contributed by atoms with van der Waals surface area (Å²) < 4.78 is 5.55. The summed E-state index contributed by atoms with van der Waals surface area (Å²) >= 11 is 0. The van der Waals surface area contributed by atoms with Gasteiger partial charge in [-0.3, -0.25) is 19.5 Å². The molecular weight excluding hydrogens is 416 g/mol. The molecule has 0 aliphatic carbocycles. The van der Waals surface area contributed by atoms with Crippen molar-refractivity contribution in [2.75, 3.05) is 11.5 Å². The van der Waals surface area contributed by atoms with E-state index in [4.69, 9.17) is 4.74 Å². The Morgan fingerprint density at radius 2 is 1.91 bits per heavy atom. The van der Waals surface area contributed by atoms with E-state index in [1.807, 2.05) is 36.4 Å². The molecule has 1 saturated heterocycles. The molecule has 0 bridgehead atoms. The van der Waals surface area contributed by atoms with Crippen LogP contribution in [0.25, 0.3) is 5.76 Å². The van der Waals surface area contributed by atoms with Gasteiger partial charge in [-0.05, 0) is 59.0 Å². The number of benzene rings is 2. The molecule has 1 aromatic heterocycles. The topological polar surface area (TPSA) is 79.7 Å². The number of nitrogens with zero attached hydrogens (tertiary/aromatic N) is 2. The first-order chi connectivity index (χ1) is 16.0. The van der Waals surface area contributed by atoms with Crippen LogP contribution in [-0.2, 0) is 16.0 Å². The highest BCUT2D eigenvalue weighted by atomic mass is 16.5. The fourth-order valence-corrected chi connectivity index (χ4v) is 4.46. The molecule has 2 aliphatic heterocycles. The first kappa shape index (κ1) is 20.9. The lowest BCUT2D eigenvalue weighted by Crippen LogP contribution is -2.29. The Bertz CT molecular complexity index is 1260. The molecule has 33 heavy (non-hydrogen) atoms. The van der Waals surface area contributed by atoms with Gasteiger partial charge < -0.3 is 9.84 Å². The van der Waals surface area contributed by atoms with Gasteiger partial charge in [0.05, 0.1) is 18.2 Å². The Kier molecular flexibility index (Phi) is 5.21. The third-order valence-electron chi connectivity index (χ3n) is 6.25. The average molecular weight is 440 g/mol. The van der Waals surface area contributed by atoms with Gasteiger partial charge in [-0.2, -0.15) is 0 Å². The number of carbonyl (C=O) groups is 2. The van der Waals surface area contributed by atoms with Crippen molar-refractivity contribution in [3.8, 4) is 5.75 Å². The van der Waals surface area contributed by atoms with Crippen LogP contribution in [0.1, 0.15) is 48.1 Å². The molecule has 1 atom stereocenters. The van der Waals surface area contributed by atoms with Crippen molar-refractivity contribution >= 4 is 23.1 Å². The van der Waals surface area contributed by atoms with E-state index in [2.05, 4.69) is 18.8 Å². The lowest BCUT2D eigenvalue weighted by molar-refractivity contribution is -0.132. The van der Waals surface area contributed by atoms with Gasteiger partial charge in [0.2, 0.25) is 0 Å². The number of ketones is 1. The van der Waals surface area contributed by atoms with Crippen molar-refractivity contribution in [3.63, 3.8) is 0 Å². The minimum absolute atomic E-state index is 0.0554. The monoisotopic (exact) mass is 440 g/mol. The van der Waals surface area contributed by atoms with E-state index in [1.54, 1.807) is 30.6 Å². The lowest BCUT2D eigenvalue weighted by atomic mass is 9.95. The van der Waals surface area contributed by atoms with Gasteiger partial charge in [-0.15, -0.1) is 0 Å². The fraction of sp³-hybridized carbons (Fsp3) is 0.222. The van der Waals surface area contributed by atoms with E-state index in [1.165, 1.54) is 4.90 Å². The summed E-state index contributed by atoms with van der Waals surface area (Å²) in [5, 5.41) is 11.3. The second-order valence-corrected chi connectivity index (χ2v) is 8.62. The van der Waals surface area contributed by atoms with Crippen molar-refractivity contribution in [3.05, 3.63) is 94.8 Å². The third-order valence-corrected chi connectivity index (χ3v) is 6.25. The molecule has 0 radical (unpaired) electrons. The van der Waals surface area contributed by atoms with Crippen LogP contribution in [0, 0.1) is 0 Å². The molecule has 2 aliphatic rings. The Hall–Kier alpha value is -3.93. The van der Waals surface area contributed by atoms with Crippen LogP contribution in [0.3, 0.4) is 0 Å². The first-order valence-corrected chi connectivity index (χ1v) is 11.0. The van der Waals surface area contributed by atoms with Crippen molar-refractivity contribution in [2.24, 2.45) is 0 Å². The number of hydrogen-bond acceptors (Lipinski definition) is 5. The van der Waals surface area contributed by atoms with Crippen LogP contribution >= 0.6 is 0 Å². The van der Waals surface area contributed by atoms with Gasteiger partial charge in [-0.1, -0.05) is 32.0 Å². The highest BCUT2D eigenvalue weighted by molar-refractivity contribution is 6.51. The van der Waals surface area contributed by atoms with E-state index < -0.39 is 17.7 Å². The summed E-state index contributed by atoms with van der Waals surface area (Å²) in [4.78, 5) is 32.1. The molecule has 6 nitrogen and oxygen atoms in total. The van der Waals surface area contributed by atoms with Gasteiger partial charge in [0.15, 0.2) is 0 Å². The molecule has 2 aromatic carbocycles. The maximum atomic E-state index is 13.2.